The number of para-hydroxylation sites is 1. The zero-order valence-electron chi connectivity index (χ0n) is 17.3. The molecule has 1 aliphatic heterocycles. The molecule has 1 aromatic carbocycles. The van der Waals surface area contributed by atoms with Crippen LogP contribution in [-0.2, 0) is 4.79 Å². The molecule has 1 unspecified atom stereocenters. The molecule has 0 radical (unpaired) electrons. The molecule has 4 aromatic rings. The fourth-order valence-corrected chi connectivity index (χ4v) is 4.08. The molecule has 0 aliphatic carbocycles. The fourth-order valence-electron chi connectivity index (χ4n) is 4.08. The average Bonchev–Trinajstić information content (AvgIpc) is 3.34. The highest BCUT2D eigenvalue weighted by Crippen LogP contribution is 2.26. The summed E-state index contributed by atoms with van der Waals surface area (Å²) in [6.07, 6.45) is 6.88. The quantitative estimate of drug-likeness (QED) is 0.552. The van der Waals surface area contributed by atoms with E-state index in [-0.39, 0.29) is 11.8 Å². The molecule has 1 saturated heterocycles. The smallest absolute Gasteiger partial charge is 0.229 e. The Labute approximate surface area is 180 Å². The van der Waals surface area contributed by atoms with E-state index in [0.717, 1.165) is 47.5 Å². The van der Waals surface area contributed by atoms with Crippen LogP contribution in [-0.4, -0.2) is 43.7 Å². The third-order valence-corrected chi connectivity index (χ3v) is 5.60. The van der Waals surface area contributed by atoms with Gasteiger partial charge in [-0.1, -0.05) is 18.2 Å². The van der Waals surface area contributed by atoms with Crippen molar-refractivity contribution < 1.29 is 4.79 Å². The maximum absolute atomic E-state index is 13.1. The Morgan fingerprint density at radius 2 is 2.00 bits per heavy atom. The molecule has 4 heterocycles. The molecule has 31 heavy (non-hydrogen) atoms. The van der Waals surface area contributed by atoms with Crippen LogP contribution in [0.3, 0.4) is 0 Å². The molecule has 5 rings (SSSR count). The predicted molar refractivity (Wildman–Crippen MR) is 119 cm³/mol. The highest BCUT2D eigenvalue weighted by Gasteiger charge is 2.27. The van der Waals surface area contributed by atoms with Crippen molar-refractivity contribution in [3.05, 3.63) is 66.9 Å². The molecule has 0 bridgehead atoms. The first kappa shape index (κ1) is 19.2. The van der Waals surface area contributed by atoms with Crippen LogP contribution in [0.4, 0.5) is 11.5 Å². The number of hydrogen-bond donors (Lipinski definition) is 1. The average molecular weight is 413 g/mol. The van der Waals surface area contributed by atoms with E-state index < -0.39 is 0 Å². The molecular formula is C23H23N7O. The lowest BCUT2D eigenvalue weighted by atomic mass is 9.97. The van der Waals surface area contributed by atoms with Gasteiger partial charge in [0.15, 0.2) is 5.82 Å². The molecule has 8 nitrogen and oxygen atoms in total. The first-order valence-electron chi connectivity index (χ1n) is 10.4. The zero-order valence-corrected chi connectivity index (χ0v) is 17.3. The van der Waals surface area contributed by atoms with Gasteiger partial charge in [0.05, 0.1) is 17.1 Å². The number of rotatable bonds is 4. The van der Waals surface area contributed by atoms with Gasteiger partial charge in [-0.25, -0.2) is 14.6 Å². The normalized spacial score (nSPS) is 16.4. The van der Waals surface area contributed by atoms with E-state index in [1.165, 1.54) is 0 Å². The van der Waals surface area contributed by atoms with E-state index in [2.05, 4.69) is 30.3 Å². The highest BCUT2D eigenvalue weighted by molar-refractivity contribution is 6.02. The summed E-state index contributed by atoms with van der Waals surface area (Å²) in [4.78, 5) is 28.6. The Balaban J connectivity index is 1.34. The summed E-state index contributed by atoms with van der Waals surface area (Å²) in [5, 5.41) is 8.33. The lowest BCUT2D eigenvalue weighted by Gasteiger charge is -2.33. The molecule has 3 aromatic heterocycles. The summed E-state index contributed by atoms with van der Waals surface area (Å²) in [5.74, 6) is 1.43. The SMILES string of the molecule is Cc1cc(NC(=O)C2CCCN(c3cc(-n4cccn4)ncn3)C2)c2ccccc2n1. The van der Waals surface area contributed by atoms with Crippen molar-refractivity contribution in [2.45, 2.75) is 19.8 Å². The maximum atomic E-state index is 13.1. The van der Waals surface area contributed by atoms with Crippen LogP contribution < -0.4 is 10.2 Å². The molecule has 0 saturated carbocycles. The number of amides is 1. The molecule has 0 spiro atoms. The number of nitrogens with one attached hydrogen (secondary N) is 1. The van der Waals surface area contributed by atoms with Gasteiger partial charge in [-0.15, -0.1) is 0 Å². The van der Waals surface area contributed by atoms with Crippen LogP contribution in [0, 0.1) is 12.8 Å². The molecule has 1 aliphatic rings. The van der Waals surface area contributed by atoms with Crippen molar-refractivity contribution in [2.75, 3.05) is 23.3 Å². The van der Waals surface area contributed by atoms with Crippen LogP contribution >= 0.6 is 0 Å². The number of carbonyl (C=O) groups is 1. The van der Waals surface area contributed by atoms with Crippen molar-refractivity contribution >= 4 is 28.3 Å². The van der Waals surface area contributed by atoms with Gasteiger partial charge in [0.25, 0.3) is 0 Å². The third-order valence-electron chi connectivity index (χ3n) is 5.60. The number of anilines is 2. The van der Waals surface area contributed by atoms with Crippen molar-refractivity contribution in [2.24, 2.45) is 5.92 Å². The maximum Gasteiger partial charge on any atom is 0.229 e. The monoisotopic (exact) mass is 413 g/mol. The van der Waals surface area contributed by atoms with Gasteiger partial charge in [0, 0.05) is 42.6 Å². The third kappa shape index (κ3) is 3.96. The second-order valence-corrected chi connectivity index (χ2v) is 7.79. The molecular weight excluding hydrogens is 390 g/mol. The van der Waals surface area contributed by atoms with E-state index >= 15 is 0 Å². The molecule has 156 valence electrons. The van der Waals surface area contributed by atoms with E-state index in [1.54, 1.807) is 17.2 Å². The summed E-state index contributed by atoms with van der Waals surface area (Å²) in [6, 6.07) is 13.6. The highest BCUT2D eigenvalue weighted by atomic mass is 16.1. The largest absolute Gasteiger partial charge is 0.356 e. The Bertz CT molecular complexity index is 1220. The first-order valence-corrected chi connectivity index (χ1v) is 10.4. The Morgan fingerprint density at radius 3 is 2.87 bits per heavy atom. The molecule has 8 heteroatoms. The Hall–Kier alpha value is -3.81. The van der Waals surface area contributed by atoms with Crippen molar-refractivity contribution in [1.29, 1.82) is 0 Å². The Kier molecular flexibility index (Phi) is 5.03. The number of hydrogen-bond acceptors (Lipinski definition) is 6. The summed E-state index contributed by atoms with van der Waals surface area (Å²) < 4.78 is 1.70. The van der Waals surface area contributed by atoms with E-state index in [1.807, 2.05) is 55.6 Å². The van der Waals surface area contributed by atoms with Gasteiger partial charge in [-0.3, -0.25) is 9.78 Å². The second kappa shape index (κ2) is 8.14. The van der Waals surface area contributed by atoms with E-state index in [4.69, 9.17) is 0 Å². The number of fused-ring (bicyclic) bond motifs is 1. The number of carbonyl (C=O) groups excluding carboxylic acids is 1. The minimum atomic E-state index is -0.121. The van der Waals surface area contributed by atoms with Gasteiger partial charge >= 0.3 is 0 Å². The van der Waals surface area contributed by atoms with Crippen LogP contribution in [0.25, 0.3) is 16.7 Å². The Morgan fingerprint density at radius 1 is 1.13 bits per heavy atom. The molecule has 1 N–H and O–H groups in total. The summed E-state index contributed by atoms with van der Waals surface area (Å²) >= 11 is 0. The van der Waals surface area contributed by atoms with Crippen molar-refractivity contribution in [3.8, 4) is 5.82 Å². The fraction of sp³-hybridized carbons (Fsp3) is 0.261. The number of aromatic nitrogens is 5. The van der Waals surface area contributed by atoms with Gasteiger partial charge in [0.2, 0.25) is 5.91 Å². The van der Waals surface area contributed by atoms with E-state index in [0.29, 0.717) is 12.4 Å². The number of nitrogens with zero attached hydrogens (tertiary/aromatic N) is 6. The van der Waals surface area contributed by atoms with Gasteiger partial charge in [-0.2, -0.15) is 5.10 Å². The number of aryl methyl sites for hydroxylation is 1. The lowest BCUT2D eigenvalue weighted by Crippen LogP contribution is -2.41. The van der Waals surface area contributed by atoms with Crippen LogP contribution in [0.1, 0.15) is 18.5 Å². The number of piperidine rings is 1. The molecule has 1 fully saturated rings. The minimum absolute atomic E-state index is 0.0295. The van der Waals surface area contributed by atoms with Gasteiger partial charge in [0.1, 0.15) is 12.1 Å². The van der Waals surface area contributed by atoms with Crippen molar-refractivity contribution in [3.63, 3.8) is 0 Å². The predicted octanol–water partition coefficient (Wildman–Crippen LogP) is 3.37. The molecule has 1 amide bonds. The second-order valence-electron chi connectivity index (χ2n) is 7.79. The minimum Gasteiger partial charge on any atom is -0.356 e. The molecule has 1 atom stereocenters. The number of pyridine rings is 1. The van der Waals surface area contributed by atoms with Crippen molar-refractivity contribution in [1.82, 2.24) is 24.7 Å². The van der Waals surface area contributed by atoms with Crippen LogP contribution in [0.2, 0.25) is 0 Å². The summed E-state index contributed by atoms with van der Waals surface area (Å²) in [5.41, 5.74) is 2.58. The standard InChI is InChI=1S/C23H23N7O/c1-16-12-20(18-7-2-3-8-19(18)27-16)28-23(31)17-6-4-10-29(14-17)21-13-22(25-15-24-21)30-11-5-9-26-30/h2-3,5,7-9,11-13,15,17H,4,6,10,14H2,1H3,(H,27,28,31). The zero-order chi connectivity index (χ0) is 21.2. The van der Waals surface area contributed by atoms with Crippen LogP contribution in [0.15, 0.2) is 61.2 Å². The van der Waals surface area contributed by atoms with Crippen LogP contribution in [0.5, 0.6) is 0 Å². The van der Waals surface area contributed by atoms with Gasteiger partial charge in [-0.05, 0) is 38.0 Å². The lowest BCUT2D eigenvalue weighted by molar-refractivity contribution is -0.120. The van der Waals surface area contributed by atoms with E-state index in [9.17, 15) is 4.79 Å². The topological polar surface area (TPSA) is 88.8 Å². The summed E-state index contributed by atoms with van der Waals surface area (Å²) in [6.45, 7) is 3.41. The number of benzene rings is 1. The summed E-state index contributed by atoms with van der Waals surface area (Å²) in [7, 11) is 0. The first-order chi connectivity index (χ1) is 15.2. The van der Waals surface area contributed by atoms with Gasteiger partial charge < -0.3 is 10.2 Å².